The zero-order valence-corrected chi connectivity index (χ0v) is 27.8. The summed E-state index contributed by atoms with van der Waals surface area (Å²) in [6, 6.07) is 13.5. The number of hydrogen-bond donors (Lipinski definition) is 11. The van der Waals surface area contributed by atoms with E-state index in [-0.39, 0.29) is 30.6 Å². The van der Waals surface area contributed by atoms with Crippen LogP contribution in [0.1, 0.15) is 55.2 Å². The fourth-order valence-electron chi connectivity index (χ4n) is 5.51. The van der Waals surface area contributed by atoms with Crippen molar-refractivity contribution >= 4 is 29.2 Å². The predicted octanol–water partition coefficient (Wildman–Crippen LogP) is -2.07. The van der Waals surface area contributed by atoms with Crippen molar-refractivity contribution in [2.24, 2.45) is 28.7 Å². The average molecular weight is 681 g/mol. The van der Waals surface area contributed by atoms with Gasteiger partial charge in [0, 0.05) is 25.1 Å². The van der Waals surface area contributed by atoms with Gasteiger partial charge >= 0.3 is 0 Å². The molecule has 1 aliphatic rings. The van der Waals surface area contributed by atoms with Crippen molar-refractivity contribution in [2.45, 2.75) is 82.2 Å². The number of ketones is 2. The first-order valence-corrected chi connectivity index (χ1v) is 16.6. The van der Waals surface area contributed by atoms with E-state index in [9.17, 15) is 19.2 Å². The van der Waals surface area contributed by atoms with Gasteiger partial charge in [-0.05, 0) is 62.7 Å². The first kappa shape index (κ1) is 39.3. The lowest BCUT2D eigenvalue weighted by Crippen LogP contribution is -2.58. The number of hydrazine groups is 1. The second kappa shape index (κ2) is 20.4. The van der Waals surface area contributed by atoms with Crippen LogP contribution in [0.2, 0.25) is 0 Å². The van der Waals surface area contributed by atoms with E-state index < -0.39 is 42.3 Å². The Bertz CT molecular complexity index is 1370. The topological polar surface area (TPSA) is 286 Å². The molecule has 16 nitrogen and oxygen atoms in total. The normalized spacial score (nSPS) is 16.0. The summed E-state index contributed by atoms with van der Waals surface area (Å²) in [4.78, 5) is 53.6. The number of nitrogen functional groups attached to an aromatic ring is 1. The number of rotatable bonds is 22. The third-order valence-electron chi connectivity index (χ3n) is 8.14. The zero-order chi connectivity index (χ0) is 35.8. The standard InChI is InChI=1S/C33H52N12O4/c34-29(35)23-14-12-22(13-15-23)20-42-30(48)25(10-5-17-41-33(38)39)43-31(49)26-11-6-18-45(26)44-24(9-4-16-40-32(36)37)28(47)27(46)19-21-7-2-1-3-8-21/h1-3,7-8,12-15,24-26,32-33,40-41,44H,4-6,9-11,16-20,36-39H2,(H3,34,35)(H,42,48)(H,43,49)/t24-,25-,26-/m0/s1. The highest BCUT2D eigenvalue weighted by Gasteiger charge is 2.36. The van der Waals surface area contributed by atoms with Crippen molar-refractivity contribution in [3.05, 3.63) is 71.3 Å². The Morgan fingerprint density at radius 3 is 2.04 bits per heavy atom. The molecule has 16 heteroatoms. The van der Waals surface area contributed by atoms with Crippen LogP contribution < -0.4 is 55.4 Å². The predicted molar refractivity (Wildman–Crippen MR) is 187 cm³/mol. The molecule has 3 rings (SSSR count). The van der Waals surface area contributed by atoms with Crippen LogP contribution in [0.25, 0.3) is 0 Å². The molecule has 0 radical (unpaired) electrons. The summed E-state index contributed by atoms with van der Waals surface area (Å²) in [7, 11) is 0. The molecule has 0 aliphatic carbocycles. The highest BCUT2D eigenvalue weighted by atomic mass is 16.2. The molecule has 0 spiro atoms. The number of amidine groups is 1. The minimum atomic E-state index is -0.875. The SMILES string of the molecule is N=C(N)c1ccc(CNC(=O)[C@H](CCCNC(N)N)NC(=O)[C@@H]2CCCN2N[C@@H](CCCNC(N)N)C(=O)C(=O)Cc2ccccc2)cc1. The summed E-state index contributed by atoms with van der Waals surface area (Å²) >= 11 is 0. The molecule has 3 atom stereocenters. The van der Waals surface area contributed by atoms with Gasteiger partial charge in [0.25, 0.3) is 0 Å². The Morgan fingerprint density at radius 2 is 1.45 bits per heavy atom. The van der Waals surface area contributed by atoms with Crippen molar-refractivity contribution in [3.63, 3.8) is 0 Å². The van der Waals surface area contributed by atoms with E-state index in [1.165, 1.54) is 0 Å². The molecule has 1 saturated heterocycles. The lowest BCUT2D eigenvalue weighted by atomic mass is 9.99. The summed E-state index contributed by atoms with van der Waals surface area (Å²) in [5.74, 6) is -1.92. The molecule has 0 bridgehead atoms. The third-order valence-corrected chi connectivity index (χ3v) is 8.14. The highest BCUT2D eigenvalue weighted by molar-refractivity contribution is 6.39. The first-order chi connectivity index (χ1) is 23.4. The number of Topliss-reactive ketones (excluding diaryl/α,β-unsaturated/α-hetero) is 2. The molecule has 268 valence electrons. The minimum absolute atomic E-state index is 0.0325. The summed E-state index contributed by atoms with van der Waals surface area (Å²) in [6.45, 7) is 1.54. The van der Waals surface area contributed by atoms with Crippen LogP contribution in [0, 0.1) is 5.41 Å². The quantitative estimate of drug-likeness (QED) is 0.0210. The van der Waals surface area contributed by atoms with Crippen molar-refractivity contribution in [1.82, 2.24) is 31.7 Å². The second-order valence-corrected chi connectivity index (χ2v) is 12.1. The Labute approximate surface area is 287 Å². The van der Waals surface area contributed by atoms with Gasteiger partial charge in [-0.25, -0.2) is 10.4 Å². The molecule has 1 heterocycles. The van der Waals surface area contributed by atoms with E-state index >= 15 is 0 Å². The first-order valence-electron chi connectivity index (χ1n) is 16.6. The number of carbonyl (C=O) groups excluding carboxylic acids is 4. The van der Waals surface area contributed by atoms with E-state index in [0.29, 0.717) is 63.7 Å². The molecular weight excluding hydrogens is 628 g/mol. The molecular formula is C33H52N12O4. The number of nitrogens with two attached hydrogens (primary N) is 5. The van der Waals surface area contributed by atoms with Crippen molar-refractivity contribution in [2.75, 3.05) is 19.6 Å². The van der Waals surface area contributed by atoms with Crippen LogP contribution in [0.4, 0.5) is 0 Å². The molecule has 16 N–H and O–H groups in total. The van der Waals surface area contributed by atoms with Gasteiger partial charge < -0.3 is 39.3 Å². The molecule has 2 aromatic carbocycles. The summed E-state index contributed by atoms with van der Waals surface area (Å²) in [5, 5.41) is 20.8. The molecule has 2 amide bonds. The Morgan fingerprint density at radius 1 is 0.837 bits per heavy atom. The third kappa shape index (κ3) is 13.7. The van der Waals surface area contributed by atoms with Gasteiger partial charge in [0.2, 0.25) is 23.4 Å². The van der Waals surface area contributed by atoms with E-state index in [4.69, 9.17) is 34.1 Å². The smallest absolute Gasteiger partial charge is 0.242 e. The van der Waals surface area contributed by atoms with E-state index in [1.807, 2.05) is 18.2 Å². The van der Waals surface area contributed by atoms with Gasteiger partial charge in [-0.3, -0.25) is 35.2 Å². The molecule has 2 aromatic rings. The Hall–Kier alpha value is -4.13. The number of benzene rings is 2. The van der Waals surface area contributed by atoms with Crippen LogP contribution in [-0.4, -0.2) is 84.6 Å². The fourth-order valence-corrected chi connectivity index (χ4v) is 5.51. The molecule has 0 aromatic heterocycles. The summed E-state index contributed by atoms with van der Waals surface area (Å²) in [6.07, 6.45) is 1.31. The van der Waals surface area contributed by atoms with Crippen LogP contribution in [0.15, 0.2) is 54.6 Å². The van der Waals surface area contributed by atoms with Crippen molar-refractivity contribution in [3.8, 4) is 0 Å². The van der Waals surface area contributed by atoms with Gasteiger partial charge in [-0.2, -0.15) is 0 Å². The van der Waals surface area contributed by atoms with Crippen LogP contribution in [0.5, 0.6) is 0 Å². The zero-order valence-electron chi connectivity index (χ0n) is 27.8. The number of nitrogens with one attached hydrogen (secondary N) is 6. The average Bonchev–Trinajstić information content (AvgIpc) is 3.54. The largest absolute Gasteiger partial charge is 0.384 e. The lowest BCUT2D eigenvalue weighted by molar-refractivity contribution is -0.139. The van der Waals surface area contributed by atoms with Crippen molar-refractivity contribution in [1.29, 1.82) is 5.41 Å². The molecule has 49 heavy (non-hydrogen) atoms. The number of nitrogens with zero attached hydrogens (tertiary/aromatic N) is 1. The number of hydrogen-bond acceptors (Lipinski definition) is 13. The van der Waals surface area contributed by atoms with Gasteiger partial charge in [0.15, 0.2) is 0 Å². The molecule has 1 aliphatic heterocycles. The molecule has 1 fully saturated rings. The van der Waals surface area contributed by atoms with Gasteiger partial charge in [0.05, 0.1) is 6.04 Å². The van der Waals surface area contributed by atoms with Crippen LogP contribution >= 0.6 is 0 Å². The second-order valence-electron chi connectivity index (χ2n) is 12.1. The Balaban J connectivity index is 1.68. The minimum Gasteiger partial charge on any atom is -0.384 e. The van der Waals surface area contributed by atoms with Crippen LogP contribution in [0.3, 0.4) is 0 Å². The van der Waals surface area contributed by atoms with Gasteiger partial charge in [-0.15, -0.1) is 0 Å². The van der Waals surface area contributed by atoms with Gasteiger partial charge in [0.1, 0.15) is 30.5 Å². The number of amides is 2. The van der Waals surface area contributed by atoms with E-state index in [1.54, 1.807) is 41.4 Å². The van der Waals surface area contributed by atoms with Crippen LogP contribution in [-0.2, 0) is 32.1 Å². The Kier molecular flexibility index (Phi) is 16.4. The summed E-state index contributed by atoms with van der Waals surface area (Å²) < 4.78 is 0. The van der Waals surface area contributed by atoms with Gasteiger partial charge in [-0.1, -0.05) is 54.6 Å². The molecule has 0 saturated carbocycles. The van der Waals surface area contributed by atoms with Crippen molar-refractivity contribution < 1.29 is 19.2 Å². The highest BCUT2D eigenvalue weighted by Crippen LogP contribution is 2.18. The number of carbonyl (C=O) groups is 4. The monoisotopic (exact) mass is 680 g/mol. The summed E-state index contributed by atoms with van der Waals surface area (Å²) in [5.41, 5.74) is 33.1. The maximum absolute atomic E-state index is 13.7. The maximum atomic E-state index is 13.7. The van der Waals surface area contributed by atoms with E-state index in [2.05, 4.69) is 26.7 Å². The fraction of sp³-hybridized carbons (Fsp3) is 0.485. The molecule has 0 unspecified atom stereocenters. The lowest BCUT2D eigenvalue weighted by Gasteiger charge is -2.30. The maximum Gasteiger partial charge on any atom is 0.242 e. The van der Waals surface area contributed by atoms with E-state index in [0.717, 1.165) is 11.1 Å².